The molecular weight excluding hydrogens is 149 g/mol. The first kappa shape index (κ1) is 15.8. The predicted octanol–water partition coefficient (Wildman–Crippen LogP) is 1.97. The zero-order chi connectivity index (χ0) is 6.28. The molecule has 4 heteroatoms. The number of alkyl halides is 2. The summed E-state index contributed by atoms with van der Waals surface area (Å²) in [4.78, 5) is 0. The second kappa shape index (κ2) is 15.6. The number of rotatable bonds is 0. The number of hydrogen-bond acceptors (Lipinski definition) is 2. The summed E-state index contributed by atoms with van der Waals surface area (Å²) in [7, 11) is 0. The van der Waals surface area contributed by atoms with Crippen molar-refractivity contribution in [3.63, 3.8) is 0 Å². The van der Waals surface area contributed by atoms with Gasteiger partial charge in [-0.3, -0.25) is 0 Å². The summed E-state index contributed by atoms with van der Waals surface area (Å²) in [5, 5.41) is 8.25. The molecule has 0 aliphatic rings. The fourth-order valence-electron chi connectivity index (χ4n) is 0. The normalized spacial score (nSPS) is 6.75. The Morgan fingerprint density at radius 2 is 1.38 bits per heavy atom. The highest BCUT2D eigenvalue weighted by Crippen LogP contribution is 1.73. The molecule has 0 aromatic heterocycles. The number of aliphatic hydroxyl groups excluding tert-OH is 1. The molecule has 54 valence electrons. The second-order valence-corrected chi connectivity index (χ2v) is 2.00. The third-order valence-electron chi connectivity index (χ3n) is 0. The molecule has 8 heavy (non-hydrogen) atoms. The molecule has 0 atom stereocenters. The van der Waals surface area contributed by atoms with Gasteiger partial charge in [0, 0.05) is 6.10 Å². The van der Waals surface area contributed by atoms with Gasteiger partial charge in [0.25, 0.3) is 0 Å². The van der Waals surface area contributed by atoms with Crippen molar-refractivity contribution in [2.75, 3.05) is 5.34 Å². The van der Waals surface area contributed by atoms with E-state index in [9.17, 15) is 0 Å². The van der Waals surface area contributed by atoms with Crippen LogP contribution >= 0.6 is 23.2 Å². The molecule has 0 radical (unpaired) electrons. The van der Waals surface area contributed by atoms with Gasteiger partial charge in [-0.2, -0.15) is 0 Å². The standard InChI is InChI=1S/C3H8O.CH2Cl2.H3N/c1-3(2)4;2-1-3;/h3-4H,1-2H3;1H2;1H3. The molecule has 0 heterocycles. The van der Waals surface area contributed by atoms with Crippen LogP contribution in [0, 0.1) is 0 Å². The molecule has 0 amide bonds. The predicted molar refractivity (Wildman–Crippen MR) is 38.9 cm³/mol. The van der Waals surface area contributed by atoms with Gasteiger partial charge in [0.2, 0.25) is 0 Å². The van der Waals surface area contributed by atoms with Crippen LogP contribution in [0.5, 0.6) is 0 Å². The van der Waals surface area contributed by atoms with Gasteiger partial charge in [-0.1, -0.05) is 0 Å². The number of hydrogen-bond donors (Lipinski definition) is 2. The van der Waals surface area contributed by atoms with E-state index in [2.05, 4.69) is 0 Å². The van der Waals surface area contributed by atoms with Crippen LogP contribution in [-0.2, 0) is 0 Å². The average Bonchev–Trinajstić information content (AvgIpc) is 1.33. The Balaban J connectivity index is -0.0000000575. The van der Waals surface area contributed by atoms with E-state index >= 15 is 0 Å². The van der Waals surface area contributed by atoms with Crippen molar-refractivity contribution < 1.29 is 5.11 Å². The third kappa shape index (κ3) is 787. The lowest BCUT2D eigenvalue weighted by molar-refractivity contribution is 0.216. The Kier molecular flexibility index (Phi) is 30.9. The van der Waals surface area contributed by atoms with Crippen molar-refractivity contribution in [2.45, 2.75) is 20.0 Å². The van der Waals surface area contributed by atoms with Gasteiger partial charge >= 0.3 is 0 Å². The van der Waals surface area contributed by atoms with E-state index in [-0.39, 0.29) is 17.6 Å². The van der Waals surface area contributed by atoms with Crippen molar-refractivity contribution in [2.24, 2.45) is 0 Å². The first-order valence-electron chi connectivity index (χ1n) is 1.95. The maximum Gasteiger partial charge on any atom is 0.0967 e. The maximum atomic E-state index is 8.06. The highest BCUT2D eigenvalue weighted by Gasteiger charge is 1.69. The van der Waals surface area contributed by atoms with Crippen LogP contribution in [0.25, 0.3) is 0 Å². The number of aliphatic hydroxyl groups is 1. The van der Waals surface area contributed by atoms with Crippen LogP contribution < -0.4 is 6.15 Å². The van der Waals surface area contributed by atoms with Crippen LogP contribution in [0.1, 0.15) is 13.8 Å². The SMILES string of the molecule is CC(C)O.ClCCl.N. The van der Waals surface area contributed by atoms with Crippen LogP contribution in [0.15, 0.2) is 0 Å². The highest BCUT2D eigenvalue weighted by atomic mass is 35.5. The van der Waals surface area contributed by atoms with Crippen molar-refractivity contribution in [1.82, 2.24) is 6.15 Å². The summed E-state index contributed by atoms with van der Waals surface area (Å²) in [6.07, 6.45) is -0.167. The summed E-state index contributed by atoms with van der Waals surface area (Å²) < 4.78 is 0. The Morgan fingerprint density at radius 1 is 1.38 bits per heavy atom. The molecule has 0 aromatic rings. The summed E-state index contributed by atoms with van der Waals surface area (Å²) in [6, 6.07) is 0. The van der Waals surface area contributed by atoms with E-state index in [0.29, 0.717) is 0 Å². The minimum absolute atomic E-state index is 0. The summed E-state index contributed by atoms with van der Waals surface area (Å²) in [6.45, 7) is 3.44. The van der Waals surface area contributed by atoms with Gasteiger partial charge in [-0.15, -0.1) is 23.2 Å². The molecule has 4 N–H and O–H groups in total. The molecule has 2 nitrogen and oxygen atoms in total. The minimum atomic E-state index is -0.167. The monoisotopic (exact) mass is 161 g/mol. The Morgan fingerprint density at radius 3 is 1.38 bits per heavy atom. The molecule has 0 rings (SSSR count). The highest BCUT2D eigenvalue weighted by molar-refractivity contribution is 6.40. The second-order valence-electron chi connectivity index (χ2n) is 1.19. The van der Waals surface area contributed by atoms with Gasteiger partial charge in [-0.05, 0) is 13.8 Å². The molecule has 0 aliphatic heterocycles. The lowest BCUT2D eigenvalue weighted by Gasteiger charge is -1.80. The zero-order valence-electron chi connectivity index (χ0n) is 5.19. The van der Waals surface area contributed by atoms with Crippen molar-refractivity contribution in [3.8, 4) is 0 Å². The maximum absolute atomic E-state index is 8.06. The van der Waals surface area contributed by atoms with Crippen molar-refractivity contribution in [3.05, 3.63) is 0 Å². The first-order valence-corrected chi connectivity index (χ1v) is 3.02. The first-order chi connectivity index (χ1) is 3.15. The molecule has 0 aromatic carbocycles. The van der Waals surface area contributed by atoms with E-state index in [1.54, 1.807) is 13.8 Å². The third-order valence-corrected chi connectivity index (χ3v) is 0. The van der Waals surface area contributed by atoms with Crippen molar-refractivity contribution in [1.29, 1.82) is 0 Å². The molecule has 0 aliphatic carbocycles. The fraction of sp³-hybridized carbons (Fsp3) is 1.00. The largest absolute Gasteiger partial charge is 0.394 e. The fourth-order valence-corrected chi connectivity index (χ4v) is 0. The minimum Gasteiger partial charge on any atom is -0.394 e. The molecule has 0 unspecified atom stereocenters. The zero-order valence-corrected chi connectivity index (χ0v) is 6.71. The summed E-state index contributed by atoms with van der Waals surface area (Å²) in [5.41, 5.74) is 0. The van der Waals surface area contributed by atoms with E-state index in [1.165, 1.54) is 0 Å². The smallest absolute Gasteiger partial charge is 0.0967 e. The van der Waals surface area contributed by atoms with Gasteiger partial charge in [0.05, 0.1) is 5.34 Å². The van der Waals surface area contributed by atoms with Gasteiger partial charge < -0.3 is 11.3 Å². The van der Waals surface area contributed by atoms with Crippen LogP contribution in [-0.4, -0.2) is 16.5 Å². The molecular formula is C4H13Cl2NO. The summed E-state index contributed by atoms with van der Waals surface area (Å²) >= 11 is 9.53. The van der Waals surface area contributed by atoms with Crippen LogP contribution in [0.3, 0.4) is 0 Å². The molecule has 0 saturated carbocycles. The van der Waals surface area contributed by atoms with Crippen molar-refractivity contribution >= 4 is 23.2 Å². The Bertz CT molecular complexity index is 25.2. The molecule has 0 saturated heterocycles. The van der Waals surface area contributed by atoms with Crippen LogP contribution in [0.4, 0.5) is 0 Å². The van der Waals surface area contributed by atoms with E-state index in [4.69, 9.17) is 28.3 Å². The van der Waals surface area contributed by atoms with Gasteiger partial charge in [0.15, 0.2) is 0 Å². The topological polar surface area (TPSA) is 55.2 Å². The lowest BCUT2D eigenvalue weighted by atomic mass is 10.5. The molecule has 0 fully saturated rings. The quantitative estimate of drug-likeness (QED) is 0.535. The summed E-state index contributed by atoms with van der Waals surface area (Å²) in [5.74, 6) is 0. The van der Waals surface area contributed by atoms with E-state index < -0.39 is 0 Å². The lowest BCUT2D eigenvalue weighted by Crippen LogP contribution is -1.85. The average molecular weight is 162 g/mol. The van der Waals surface area contributed by atoms with Gasteiger partial charge in [0.1, 0.15) is 0 Å². The van der Waals surface area contributed by atoms with E-state index in [1.807, 2.05) is 0 Å². The van der Waals surface area contributed by atoms with Crippen LogP contribution in [0.2, 0.25) is 0 Å². The Labute approximate surface area is 60.4 Å². The van der Waals surface area contributed by atoms with E-state index in [0.717, 1.165) is 0 Å². The van der Waals surface area contributed by atoms with Gasteiger partial charge in [-0.25, -0.2) is 0 Å². The molecule has 0 spiro atoms. The Hall–Kier alpha value is 0.500. The number of halogens is 2. The molecule has 0 bridgehead atoms.